The molecule has 0 saturated carbocycles. The van der Waals surface area contributed by atoms with Crippen LogP contribution >= 0.6 is 0 Å². The van der Waals surface area contributed by atoms with E-state index in [1.807, 2.05) is 0 Å². The molecule has 1 aromatic carbocycles. The Hall–Kier alpha value is -2.50. The first-order valence-corrected chi connectivity index (χ1v) is 5.38. The Morgan fingerprint density at radius 1 is 1.16 bits per heavy atom. The molecule has 0 fully saturated rings. The van der Waals surface area contributed by atoms with Gasteiger partial charge in [-0.25, -0.2) is 13.8 Å². The number of anilines is 1. The van der Waals surface area contributed by atoms with Crippen LogP contribution in [0.1, 0.15) is 10.5 Å². The van der Waals surface area contributed by atoms with Crippen molar-refractivity contribution in [3.05, 3.63) is 53.7 Å². The molecule has 0 aliphatic rings. The highest BCUT2D eigenvalue weighted by molar-refractivity contribution is 6.03. The number of benzene rings is 1. The molecule has 0 aliphatic heterocycles. The molecule has 1 heterocycles. The number of hydrogen-bond acceptors (Lipinski definition) is 3. The molecule has 4 nitrogen and oxygen atoms in total. The van der Waals surface area contributed by atoms with Crippen molar-refractivity contribution >= 4 is 11.6 Å². The third-order valence-electron chi connectivity index (χ3n) is 2.37. The largest absolute Gasteiger partial charge is 0.481 e. The highest BCUT2D eigenvalue weighted by Gasteiger charge is 2.14. The van der Waals surface area contributed by atoms with Crippen molar-refractivity contribution < 1.29 is 18.3 Å². The first-order valence-electron chi connectivity index (χ1n) is 5.38. The molecule has 0 radical (unpaired) electrons. The van der Waals surface area contributed by atoms with Crippen molar-refractivity contribution in [3.8, 4) is 5.88 Å². The lowest BCUT2D eigenvalue weighted by atomic mass is 10.2. The average molecular weight is 264 g/mol. The number of rotatable bonds is 3. The minimum Gasteiger partial charge on any atom is -0.481 e. The fourth-order valence-corrected chi connectivity index (χ4v) is 1.45. The number of halogens is 2. The summed E-state index contributed by atoms with van der Waals surface area (Å²) in [7, 11) is 1.40. The number of nitrogens with one attached hydrogen (secondary N) is 1. The van der Waals surface area contributed by atoms with Gasteiger partial charge in [-0.2, -0.15) is 0 Å². The summed E-state index contributed by atoms with van der Waals surface area (Å²) in [5.41, 5.74) is -0.501. The van der Waals surface area contributed by atoms with Crippen LogP contribution in [0.3, 0.4) is 0 Å². The zero-order valence-electron chi connectivity index (χ0n) is 9.98. The Balaban J connectivity index is 2.25. The Labute approximate surface area is 108 Å². The molecule has 1 N–H and O–H groups in total. The molecular weight excluding hydrogens is 254 g/mol. The molecule has 0 saturated heterocycles. The number of ether oxygens (including phenoxy) is 1. The van der Waals surface area contributed by atoms with Crippen molar-refractivity contribution in [1.29, 1.82) is 0 Å². The van der Waals surface area contributed by atoms with Crippen LogP contribution in [0.5, 0.6) is 5.88 Å². The molecule has 0 aliphatic carbocycles. The minimum atomic E-state index is -0.851. The summed E-state index contributed by atoms with van der Waals surface area (Å²) in [4.78, 5) is 15.7. The van der Waals surface area contributed by atoms with Crippen LogP contribution in [-0.2, 0) is 0 Å². The van der Waals surface area contributed by atoms with Gasteiger partial charge in [-0.05, 0) is 18.2 Å². The molecule has 0 bridgehead atoms. The second-order valence-electron chi connectivity index (χ2n) is 3.62. The van der Waals surface area contributed by atoms with E-state index in [1.54, 1.807) is 12.1 Å². The maximum absolute atomic E-state index is 13.4. The van der Waals surface area contributed by atoms with Crippen LogP contribution in [0, 0.1) is 11.6 Å². The number of amides is 1. The Bertz CT molecular complexity index is 597. The molecule has 98 valence electrons. The van der Waals surface area contributed by atoms with Gasteiger partial charge in [0.25, 0.3) is 5.91 Å². The molecular formula is C13H10F2N2O2. The lowest BCUT2D eigenvalue weighted by molar-refractivity contribution is 0.102. The number of carbonyl (C=O) groups excluding carboxylic acids is 1. The van der Waals surface area contributed by atoms with Gasteiger partial charge >= 0.3 is 0 Å². The molecule has 0 atom stereocenters. The van der Waals surface area contributed by atoms with Crippen LogP contribution < -0.4 is 10.1 Å². The van der Waals surface area contributed by atoms with E-state index >= 15 is 0 Å². The summed E-state index contributed by atoms with van der Waals surface area (Å²) in [6.45, 7) is 0. The van der Waals surface area contributed by atoms with Crippen molar-refractivity contribution in [2.45, 2.75) is 0 Å². The standard InChI is InChI=1S/C13H10F2N2O2/c1-19-11-7-3-6-10(16-11)13(18)17-12-8(14)4-2-5-9(12)15/h2-7H,1H3,(H,17,18). The van der Waals surface area contributed by atoms with Gasteiger partial charge < -0.3 is 10.1 Å². The Morgan fingerprint density at radius 2 is 1.79 bits per heavy atom. The summed E-state index contributed by atoms with van der Waals surface area (Å²) in [5, 5.41) is 2.14. The van der Waals surface area contributed by atoms with E-state index in [4.69, 9.17) is 4.74 Å². The second kappa shape index (κ2) is 5.43. The van der Waals surface area contributed by atoms with E-state index in [9.17, 15) is 13.6 Å². The maximum atomic E-state index is 13.4. The maximum Gasteiger partial charge on any atom is 0.274 e. The summed E-state index contributed by atoms with van der Waals surface area (Å²) < 4.78 is 31.6. The summed E-state index contributed by atoms with van der Waals surface area (Å²) in [5.74, 6) is -2.18. The van der Waals surface area contributed by atoms with E-state index in [0.717, 1.165) is 12.1 Å². The van der Waals surface area contributed by atoms with Gasteiger partial charge in [0.05, 0.1) is 7.11 Å². The molecule has 1 amide bonds. The lowest BCUT2D eigenvalue weighted by Gasteiger charge is -2.07. The quantitative estimate of drug-likeness (QED) is 0.927. The molecule has 0 unspecified atom stereocenters. The van der Waals surface area contributed by atoms with Crippen molar-refractivity contribution in [2.75, 3.05) is 12.4 Å². The van der Waals surface area contributed by atoms with Gasteiger partial charge in [0, 0.05) is 6.07 Å². The minimum absolute atomic E-state index is 0.00185. The zero-order chi connectivity index (χ0) is 13.8. The van der Waals surface area contributed by atoms with Crippen molar-refractivity contribution in [1.82, 2.24) is 4.98 Å². The number of aromatic nitrogens is 1. The highest BCUT2D eigenvalue weighted by Crippen LogP contribution is 2.19. The first-order chi connectivity index (χ1) is 9.11. The van der Waals surface area contributed by atoms with Crippen molar-refractivity contribution in [3.63, 3.8) is 0 Å². The number of hydrogen-bond donors (Lipinski definition) is 1. The van der Waals surface area contributed by atoms with Gasteiger partial charge in [0.15, 0.2) is 0 Å². The molecule has 6 heteroatoms. The van der Waals surface area contributed by atoms with Crippen LogP contribution in [0.15, 0.2) is 36.4 Å². The average Bonchev–Trinajstić information content (AvgIpc) is 2.43. The lowest BCUT2D eigenvalue weighted by Crippen LogP contribution is -2.16. The number of pyridine rings is 1. The van der Waals surface area contributed by atoms with Gasteiger partial charge in [-0.15, -0.1) is 0 Å². The first kappa shape index (κ1) is 12.9. The van der Waals surface area contributed by atoms with Gasteiger partial charge in [0.1, 0.15) is 23.0 Å². The van der Waals surface area contributed by atoms with E-state index in [-0.39, 0.29) is 11.6 Å². The number of para-hydroxylation sites is 1. The van der Waals surface area contributed by atoms with Crippen LogP contribution in [0.4, 0.5) is 14.5 Å². The normalized spacial score (nSPS) is 10.1. The van der Waals surface area contributed by atoms with E-state index in [2.05, 4.69) is 10.3 Å². The summed E-state index contributed by atoms with van der Waals surface area (Å²) in [6, 6.07) is 7.84. The molecule has 0 spiro atoms. The molecule has 19 heavy (non-hydrogen) atoms. The van der Waals surface area contributed by atoms with Crippen LogP contribution in [0.2, 0.25) is 0 Å². The SMILES string of the molecule is COc1cccc(C(=O)Nc2c(F)cccc2F)n1. The fourth-order valence-electron chi connectivity index (χ4n) is 1.45. The zero-order valence-corrected chi connectivity index (χ0v) is 9.98. The van der Waals surface area contributed by atoms with Crippen LogP contribution in [0.25, 0.3) is 0 Å². The molecule has 2 rings (SSSR count). The number of nitrogens with zero attached hydrogens (tertiary/aromatic N) is 1. The van der Waals surface area contributed by atoms with Gasteiger partial charge in [-0.3, -0.25) is 4.79 Å². The number of methoxy groups -OCH3 is 1. The van der Waals surface area contributed by atoms with E-state index in [1.165, 1.54) is 19.2 Å². The van der Waals surface area contributed by atoms with Gasteiger partial charge in [0.2, 0.25) is 5.88 Å². The Kier molecular flexibility index (Phi) is 3.70. The van der Waals surface area contributed by atoms with E-state index in [0.29, 0.717) is 0 Å². The third-order valence-corrected chi connectivity index (χ3v) is 2.37. The smallest absolute Gasteiger partial charge is 0.274 e. The Morgan fingerprint density at radius 3 is 2.42 bits per heavy atom. The fraction of sp³-hybridized carbons (Fsp3) is 0.0769. The summed E-state index contributed by atoms with van der Waals surface area (Å²) >= 11 is 0. The third kappa shape index (κ3) is 2.85. The predicted molar refractivity (Wildman–Crippen MR) is 65.1 cm³/mol. The topological polar surface area (TPSA) is 51.2 Å². The van der Waals surface area contributed by atoms with Crippen molar-refractivity contribution in [2.24, 2.45) is 0 Å². The highest BCUT2D eigenvalue weighted by atomic mass is 19.1. The van der Waals surface area contributed by atoms with E-state index < -0.39 is 23.2 Å². The predicted octanol–water partition coefficient (Wildman–Crippen LogP) is 2.62. The molecule has 1 aromatic heterocycles. The number of carbonyl (C=O) groups is 1. The van der Waals surface area contributed by atoms with Crippen LogP contribution in [-0.4, -0.2) is 18.0 Å². The molecule has 2 aromatic rings. The summed E-state index contributed by atoms with van der Waals surface area (Å²) in [6.07, 6.45) is 0. The van der Waals surface area contributed by atoms with Gasteiger partial charge in [-0.1, -0.05) is 12.1 Å². The monoisotopic (exact) mass is 264 g/mol. The second-order valence-corrected chi connectivity index (χ2v) is 3.62.